The quantitative estimate of drug-likeness (QED) is 0.657. The van der Waals surface area contributed by atoms with Crippen molar-refractivity contribution in [2.75, 3.05) is 13.7 Å². The minimum Gasteiger partial charge on any atom is -0.481 e. The SMILES string of the molecule is CCN(Cc1ccnc(OC)c1)Cc1cn2c3c(c(C)c(C)cc3c1=O)OC2. The van der Waals surface area contributed by atoms with Crippen molar-refractivity contribution in [1.82, 2.24) is 14.5 Å². The highest BCUT2D eigenvalue weighted by Gasteiger charge is 2.22. The Hall–Kier alpha value is -2.86. The van der Waals surface area contributed by atoms with Crippen LogP contribution in [0.2, 0.25) is 0 Å². The number of methoxy groups -OCH3 is 1. The predicted molar refractivity (Wildman–Crippen MR) is 109 cm³/mol. The van der Waals surface area contributed by atoms with E-state index < -0.39 is 0 Å². The molecule has 0 amide bonds. The highest BCUT2D eigenvalue weighted by molar-refractivity contribution is 5.88. The molecular weight excluding hydrogens is 354 g/mol. The van der Waals surface area contributed by atoms with Crippen LogP contribution >= 0.6 is 0 Å². The number of aromatic nitrogens is 2. The first-order valence-electron chi connectivity index (χ1n) is 9.52. The molecule has 1 aliphatic rings. The molecule has 0 bridgehead atoms. The van der Waals surface area contributed by atoms with Crippen LogP contribution in [-0.4, -0.2) is 28.1 Å². The first-order chi connectivity index (χ1) is 13.5. The van der Waals surface area contributed by atoms with Crippen molar-refractivity contribution in [3.05, 3.63) is 63.1 Å². The monoisotopic (exact) mass is 379 g/mol. The smallest absolute Gasteiger partial charge is 0.213 e. The van der Waals surface area contributed by atoms with Gasteiger partial charge in [0.15, 0.2) is 12.2 Å². The standard InChI is InChI=1S/C22H25N3O3/c1-5-24(10-16-6-7-23-19(9-16)27-4)11-17-12-25-13-28-22-15(3)14(2)8-18(20(22)25)21(17)26/h6-9,12H,5,10-11,13H2,1-4H3. The van der Waals surface area contributed by atoms with Gasteiger partial charge in [0, 0.05) is 37.1 Å². The van der Waals surface area contributed by atoms with Crippen LogP contribution in [0.1, 0.15) is 29.2 Å². The maximum atomic E-state index is 13.2. The fourth-order valence-corrected chi connectivity index (χ4v) is 3.78. The number of nitrogens with zero attached hydrogens (tertiary/aromatic N) is 3. The first kappa shape index (κ1) is 18.5. The third kappa shape index (κ3) is 3.14. The lowest BCUT2D eigenvalue weighted by Crippen LogP contribution is -2.26. The second kappa shape index (κ2) is 7.28. The molecule has 28 heavy (non-hydrogen) atoms. The molecule has 4 rings (SSSR count). The summed E-state index contributed by atoms with van der Waals surface area (Å²) in [6, 6.07) is 5.90. The van der Waals surface area contributed by atoms with Crippen molar-refractivity contribution in [3.63, 3.8) is 0 Å². The highest BCUT2D eigenvalue weighted by Crippen LogP contribution is 2.35. The van der Waals surface area contributed by atoms with E-state index in [4.69, 9.17) is 9.47 Å². The van der Waals surface area contributed by atoms with Crippen LogP contribution in [0, 0.1) is 13.8 Å². The first-order valence-corrected chi connectivity index (χ1v) is 9.52. The number of rotatable bonds is 6. The molecule has 3 heterocycles. The average molecular weight is 379 g/mol. The van der Waals surface area contributed by atoms with Gasteiger partial charge in [-0.25, -0.2) is 4.98 Å². The molecular formula is C22H25N3O3. The van der Waals surface area contributed by atoms with Crippen LogP contribution < -0.4 is 14.9 Å². The molecule has 0 spiro atoms. The second-order valence-corrected chi connectivity index (χ2v) is 7.28. The largest absolute Gasteiger partial charge is 0.481 e. The third-order valence-electron chi connectivity index (χ3n) is 5.50. The molecule has 0 unspecified atom stereocenters. The number of benzene rings is 1. The maximum Gasteiger partial charge on any atom is 0.213 e. The van der Waals surface area contributed by atoms with Gasteiger partial charge < -0.3 is 14.0 Å². The molecule has 2 aromatic heterocycles. The molecule has 1 aromatic carbocycles. The Morgan fingerprint density at radius 1 is 1.29 bits per heavy atom. The molecule has 0 N–H and O–H groups in total. The van der Waals surface area contributed by atoms with Crippen molar-refractivity contribution in [1.29, 1.82) is 0 Å². The zero-order valence-corrected chi connectivity index (χ0v) is 16.8. The Kier molecular flexibility index (Phi) is 4.81. The molecule has 6 nitrogen and oxygen atoms in total. The average Bonchev–Trinajstić information content (AvgIpc) is 3.13. The van der Waals surface area contributed by atoms with Gasteiger partial charge in [0.2, 0.25) is 5.88 Å². The Morgan fingerprint density at radius 3 is 2.86 bits per heavy atom. The van der Waals surface area contributed by atoms with E-state index in [0.29, 0.717) is 19.2 Å². The summed E-state index contributed by atoms with van der Waals surface area (Å²) in [5.41, 5.74) is 5.09. The highest BCUT2D eigenvalue weighted by atomic mass is 16.5. The normalized spacial score (nSPS) is 12.6. The number of aryl methyl sites for hydroxylation is 1. The fourth-order valence-electron chi connectivity index (χ4n) is 3.78. The van der Waals surface area contributed by atoms with Crippen LogP contribution in [-0.2, 0) is 19.8 Å². The van der Waals surface area contributed by atoms with Crippen molar-refractivity contribution >= 4 is 10.9 Å². The van der Waals surface area contributed by atoms with Crippen molar-refractivity contribution < 1.29 is 9.47 Å². The minimum atomic E-state index is 0.0897. The topological polar surface area (TPSA) is 56.6 Å². The Labute approximate surface area is 164 Å². The van der Waals surface area contributed by atoms with Gasteiger partial charge in [0.25, 0.3) is 0 Å². The number of ether oxygens (including phenoxy) is 2. The summed E-state index contributed by atoms with van der Waals surface area (Å²) in [5.74, 6) is 1.44. The Bertz CT molecular complexity index is 1100. The summed E-state index contributed by atoms with van der Waals surface area (Å²) in [7, 11) is 1.61. The van der Waals surface area contributed by atoms with Crippen LogP contribution in [0.4, 0.5) is 0 Å². The van der Waals surface area contributed by atoms with E-state index in [1.54, 1.807) is 13.3 Å². The molecule has 6 heteroatoms. The van der Waals surface area contributed by atoms with Gasteiger partial charge >= 0.3 is 0 Å². The number of hydrogen-bond donors (Lipinski definition) is 0. The number of hydrogen-bond acceptors (Lipinski definition) is 5. The molecule has 0 atom stereocenters. The number of pyridine rings is 2. The summed E-state index contributed by atoms with van der Waals surface area (Å²) in [6.07, 6.45) is 3.70. The van der Waals surface area contributed by atoms with Gasteiger partial charge in [0.1, 0.15) is 5.75 Å². The van der Waals surface area contributed by atoms with Crippen LogP contribution in [0.5, 0.6) is 11.6 Å². The molecule has 1 aliphatic heterocycles. The van der Waals surface area contributed by atoms with Gasteiger partial charge in [-0.05, 0) is 49.2 Å². The fraction of sp³-hybridized carbons (Fsp3) is 0.364. The van der Waals surface area contributed by atoms with E-state index in [2.05, 4.69) is 21.4 Å². The molecule has 0 saturated carbocycles. The van der Waals surface area contributed by atoms with Gasteiger partial charge in [-0.3, -0.25) is 9.69 Å². The van der Waals surface area contributed by atoms with Crippen molar-refractivity contribution in [2.45, 2.75) is 40.6 Å². The summed E-state index contributed by atoms with van der Waals surface area (Å²) in [5, 5.41) is 0.745. The summed E-state index contributed by atoms with van der Waals surface area (Å²) >= 11 is 0. The lowest BCUT2D eigenvalue weighted by Gasteiger charge is -2.21. The zero-order valence-electron chi connectivity index (χ0n) is 16.8. The zero-order chi connectivity index (χ0) is 19.8. The molecule has 0 fully saturated rings. The Balaban J connectivity index is 1.68. The predicted octanol–water partition coefficient (Wildman–Crippen LogP) is 3.39. The minimum absolute atomic E-state index is 0.0897. The van der Waals surface area contributed by atoms with Gasteiger partial charge in [0.05, 0.1) is 18.0 Å². The van der Waals surface area contributed by atoms with Crippen LogP contribution in [0.3, 0.4) is 0 Å². The van der Waals surface area contributed by atoms with E-state index >= 15 is 0 Å². The Morgan fingerprint density at radius 2 is 2.11 bits per heavy atom. The van der Waals surface area contributed by atoms with Crippen molar-refractivity contribution in [2.24, 2.45) is 0 Å². The van der Waals surface area contributed by atoms with Gasteiger partial charge in [-0.15, -0.1) is 0 Å². The third-order valence-corrected chi connectivity index (χ3v) is 5.50. The van der Waals surface area contributed by atoms with Crippen molar-refractivity contribution in [3.8, 4) is 11.6 Å². The van der Waals surface area contributed by atoms with Crippen LogP contribution in [0.25, 0.3) is 10.9 Å². The van der Waals surface area contributed by atoms with E-state index in [0.717, 1.165) is 52.0 Å². The van der Waals surface area contributed by atoms with Gasteiger partial charge in [-0.1, -0.05) is 6.92 Å². The molecule has 3 aromatic rings. The van der Waals surface area contributed by atoms with Gasteiger partial charge in [-0.2, -0.15) is 0 Å². The lowest BCUT2D eigenvalue weighted by atomic mass is 10.0. The van der Waals surface area contributed by atoms with E-state index in [9.17, 15) is 4.79 Å². The molecule has 146 valence electrons. The summed E-state index contributed by atoms with van der Waals surface area (Å²) in [6.45, 7) is 8.76. The lowest BCUT2D eigenvalue weighted by molar-refractivity contribution is 0.260. The van der Waals surface area contributed by atoms with E-state index in [1.165, 1.54) is 0 Å². The van der Waals surface area contributed by atoms with E-state index in [1.807, 2.05) is 38.2 Å². The second-order valence-electron chi connectivity index (χ2n) is 7.28. The maximum absolute atomic E-state index is 13.2. The van der Waals surface area contributed by atoms with E-state index in [-0.39, 0.29) is 5.43 Å². The molecule has 0 aliphatic carbocycles. The molecule has 0 saturated heterocycles. The van der Waals surface area contributed by atoms with Crippen LogP contribution in [0.15, 0.2) is 35.4 Å². The summed E-state index contributed by atoms with van der Waals surface area (Å²) < 4.78 is 13.1. The molecule has 0 radical (unpaired) electrons. The summed E-state index contributed by atoms with van der Waals surface area (Å²) in [4.78, 5) is 19.6.